The second-order valence-electron chi connectivity index (χ2n) is 6.03. The largest absolute Gasteiger partial charge is 0.457 e. The third kappa shape index (κ3) is 5.34. The molecule has 0 radical (unpaired) electrons. The molecule has 0 saturated heterocycles. The highest BCUT2D eigenvalue weighted by molar-refractivity contribution is 6.31. The van der Waals surface area contributed by atoms with Crippen LogP contribution < -0.4 is 10.1 Å². The van der Waals surface area contributed by atoms with Crippen molar-refractivity contribution in [3.63, 3.8) is 0 Å². The molecular formula is C22H18ClNO4. The van der Waals surface area contributed by atoms with E-state index in [-0.39, 0.29) is 0 Å². The molecule has 0 bridgehead atoms. The third-order valence-electron chi connectivity index (χ3n) is 3.84. The molecule has 142 valence electrons. The van der Waals surface area contributed by atoms with Gasteiger partial charge >= 0.3 is 5.97 Å². The molecule has 6 heteroatoms. The fourth-order valence-electron chi connectivity index (χ4n) is 2.39. The zero-order valence-electron chi connectivity index (χ0n) is 15.1. The molecule has 1 amide bonds. The number of benzene rings is 3. The SMILES string of the molecule is Cc1ccc(NC(=O)COC(=O)c2cccc(Oc3ccccc3)c2)cc1Cl. The Morgan fingerprint density at radius 2 is 1.68 bits per heavy atom. The van der Waals surface area contributed by atoms with Gasteiger partial charge in [-0.25, -0.2) is 4.79 Å². The van der Waals surface area contributed by atoms with Crippen molar-refractivity contribution in [1.82, 2.24) is 0 Å². The van der Waals surface area contributed by atoms with Crippen LogP contribution in [0.2, 0.25) is 5.02 Å². The summed E-state index contributed by atoms with van der Waals surface area (Å²) in [6, 6.07) is 21.0. The molecule has 0 aromatic heterocycles. The number of anilines is 1. The second-order valence-corrected chi connectivity index (χ2v) is 6.44. The van der Waals surface area contributed by atoms with Crippen LogP contribution >= 0.6 is 11.6 Å². The van der Waals surface area contributed by atoms with Crippen molar-refractivity contribution < 1.29 is 19.1 Å². The third-order valence-corrected chi connectivity index (χ3v) is 4.25. The molecule has 0 aliphatic carbocycles. The summed E-state index contributed by atoms with van der Waals surface area (Å²) in [5, 5.41) is 3.18. The van der Waals surface area contributed by atoms with Crippen LogP contribution in [-0.4, -0.2) is 18.5 Å². The lowest BCUT2D eigenvalue weighted by atomic mass is 10.2. The summed E-state index contributed by atoms with van der Waals surface area (Å²) in [7, 11) is 0. The molecule has 0 aliphatic rings. The second kappa shape index (κ2) is 9.06. The number of amides is 1. The lowest BCUT2D eigenvalue weighted by molar-refractivity contribution is -0.119. The molecule has 1 N–H and O–H groups in total. The number of hydrogen-bond donors (Lipinski definition) is 1. The normalized spacial score (nSPS) is 10.2. The molecule has 0 aliphatic heterocycles. The van der Waals surface area contributed by atoms with E-state index in [1.54, 1.807) is 42.5 Å². The molecule has 3 aromatic carbocycles. The van der Waals surface area contributed by atoms with Crippen LogP contribution in [0, 0.1) is 6.92 Å². The Morgan fingerprint density at radius 1 is 0.929 bits per heavy atom. The number of aryl methyl sites for hydroxylation is 1. The van der Waals surface area contributed by atoms with Crippen LogP contribution in [0.5, 0.6) is 11.5 Å². The quantitative estimate of drug-likeness (QED) is 0.580. The number of para-hydroxylation sites is 1. The van der Waals surface area contributed by atoms with Crippen molar-refractivity contribution in [3.05, 3.63) is 88.9 Å². The Hall–Kier alpha value is -3.31. The molecule has 5 nitrogen and oxygen atoms in total. The van der Waals surface area contributed by atoms with E-state index in [4.69, 9.17) is 21.1 Å². The predicted molar refractivity (Wildman–Crippen MR) is 108 cm³/mol. The Balaban J connectivity index is 1.56. The van der Waals surface area contributed by atoms with Crippen molar-refractivity contribution in [2.45, 2.75) is 6.92 Å². The first-order valence-electron chi connectivity index (χ1n) is 8.57. The van der Waals surface area contributed by atoms with Crippen LogP contribution in [0.4, 0.5) is 5.69 Å². The number of carbonyl (C=O) groups is 2. The van der Waals surface area contributed by atoms with E-state index in [1.807, 2.05) is 37.3 Å². The lowest BCUT2D eigenvalue weighted by Gasteiger charge is -2.09. The summed E-state index contributed by atoms with van der Waals surface area (Å²) >= 11 is 6.03. The number of esters is 1. The Morgan fingerprint density at radius 3 is 2.43 bits per heavy atom. The van der Waals surface area contributed by atoms with Gasteiger partial charge in [-0.1, -0.05) is 41.9 Å². The monoisotopic (exact) mass is 395 g/mol. The molecule has 28 heavy (non-hydrogen) atoms. The standard InChI is InChI=1S/C22H18ClNO4/c1-15-10-11-17(13-20(15)23)24-21(25)14-27-22(26)16-6-5-9-19(12-16)28-18-7-3-2-4-8-18/h2-13H,14H2,1H3,(H,24,25). The minimum absolute atomic E-state index is 0.291. The topological polar surface area (TPSA) is 64.6 Å². The minimum atomic E-state index is -0.615. The first-order valence-corrected chi connectivity index (χ1v) is 8.95. The summed E-state index contributed by atoms with van der Waals surface area (Å²) in [5.74, 6) is 0.0871. The van der Waals surface area contributed by atoms with Crippen LogP contribution in [0.3, 0.4) is 0 Å². The van der Waals surface area contributed by atoms with E-state index >= 15 is 0 Å². The Labute approximate surface area is 167 Å². The number of hydrogen-bond acceptors (Lipinski definition) is 4. The maximum absolute atomic E-state index is 12.2. The van der Waals surface area contributed by atoms with E-state index in [0.717, 1.165) is 5.56 Å². The molecule has 0 fully saturated rings. The van der Waals surface area contributed by atoms with Crippen LogP contribution in [-0.2, 0) is 9.53 Å². The van der Waals surface area contributed by atoms with Crippen molar-refractivity contribution in [3.8, 4) is 11.5 Å². The van der Waals surface area contributed by atoms with Crippen LogP contribution in [0.1, 0.15) is 15.9 Å². The molecular weight excluding hydrogens is 378 g/mol. The summed E-state index contributed by atoms with van der Waals surface area (Å²) in [5.41, 5.74) is 1.73. The van der Waals surface area contributed by atoms with Gasteiger partial charge in [-0.2, -0.15) is 0 Å². The van der Waals surface area contributed by atoms with Gasteiger partial charge in [-0.05, 0) is 55.0 Å². The highest BCUT2D eigenvalue weighted by atomic mass is 35.5. The highest BCUT2D eigenvalue weighted by Gasteiger charge is 2.12. The summed E-state index contributed by atoms with van der Waals surface area (Å²) in [6.45, 7) is 1.46. The fourth-order valence-corrected chi connectivity index (χ4v) is 2.57. The van der Waals surface area contributed by atoms with Crippen molar-refractivity contribution in [1.29, 1.82) is 0 Å². The van der Waals surface area contributed by atoms with E-state index in [2.05, 4.69) is 5.32 Å². The van der Waals surface area contributed by atoms with Crippen molar-refractivity contribution >= 4 is 29.2 Å². The molecule has 0 heterocycles. The maximum atomic E-state index is 12.2. The lowest BCUT2D eigenvalue weighted by Crippen LogP contribution is -2.20. The van der Waals surface area contributed by atoms with Gasteiger partial charge in [0, 0.05) is 10.7 Å². The van der Waals surface area contributed by atoms with Gasteiger partial charge in [0.1, 0.15) is 11.5 Å². The Kier molecular flexibility index (Phi) is 6.29. The van der Waals surface area contributed by atoms with Gasteiger partial charge in [0.15, 0.2) is 6.61 Å². The number of ether oxygens (including phenoxy) is 2. The average Bonchev–Trinajstić information content (AvgIpc) is 2.70. The van der Waals surface area contributed by atoms with Gasteiger partial charge in [0.2, 0.25) is 0 Å². The molecule has 0 spiro atoms. The zero-order chi connectivity index (χ0) is 19.9. The minimum Gasteiger partial charge on any atom is -0.457 e. The number of halogens is 1. The smallest absolute Gasteiger partial charge is 0.338 e. The Bertz CT molecular complexity index is 989. The van der Waals surface area contributed by atoms with Crippen molar-refractivity contribution in [2.24, 2.45) is 0 Å². The van der Waals surface area contributed by atoms with Gasteiger partial charge in [0.05, 0.1) is 5.56 Å². The maximum Gasteiger partial charge on any atom is 0.338 e. The first-order chi connectivity index (χ1) is 13.5. The van der Waals surface area contributed by atoms with Crippen LogP contribution in [0.25, 0.3) is 0 Å². The molecule has 0 atom stereocenters. The first kappa shape index (κ1) is 19.5. The van der Waals surface area contributed by atoms with Crippen LogP contribution in [0.15, 0.2) is 72.8 Å². The van der Waals surface area contributed by atoms with E-state index in [9.17, 15) is 9.59 Å². The fraction of sp³-hybridized carbons (Fsp3) is 0.0909. The predicted octanol–water partition coefficient (Wildman–Crippen LogP) is 5.24. The number of nitrogens with one attached hydrogen (secondary N) is 1. The summed E-state index contributed by atoms with van der Waals surface area (Å²) in [6.07, 6.45) is 0. The summed E-state index contributed by atoms with van der Waals surface area (Å²) < 4.78 is 10.8. The van der Waals surface area contributed by atoms with Gasteiger partial charge in [-0.3, -0.25) is 4.79 Å². The number of carbonyl (C=O) groups excluding carboxylic acids is 2. The van der Waals surface area contributed by atoms with E-state index in [0.29, 0.717) is 27.8 Å². The van der Waals surface area contributed by atoms with E-state index < -0.39 is 18.5 Å². The van der Waals surface area contributed by atoms with Crippen molar-refractivity contribution in [2.75, 3.05) is 11.9 Å². The molecule has 0 unspecified atom stereocenters. The number of rotatable bonds is 6. The van der Waals surface area contributed by atoms with Gasteiger partial charge in [-0.15, -0.1) is 0 Å². The van der Waals surface area contributed by atoms with E-state index in [1.165, 1.54) is 0 Å². The molecule has 3 aromatic rings. The molecule has 0 saturated carbocycles. The average molecular weight is 396 g/mol. The highest BCUT2D eigenvalue weighted by Crippen LogP contribution is 2.22. The summed E-state index contributed by atoms with van der Waals surface area (Å²) in [4.78, 5) is 24.2. The van der Waals surface area contributed by atoms with Gasteiger partial charge in [0.25, 0.3) is 5.91 Å². The molecule has 3 rings (SSSR count). The zero-order valence-corrected chi connectivity index (χ0v) is 15.9. The van der Waals surface area contributed by atoms with Gasteiger partial charge < -0.3 is 14.8 Å².